The Kier molecular flexibility index (Phi) is 5.61. The van der Waals surface area contributed by atoms with Crippen molar-refractivity contribution in [1.82, 2.24) is 4.31 Å². The summed E-state index contributed by atoms with van der Waals surface area (Å²) in [6.45, 7) is 0.395. The maximum Gasteiger partial charge on any atom is 0.252 e. The minimum atomic E-state index is -3.79. The fourth-order valence-corrected chi connectivity index (χ4v) is 6.30. The molecule has 1 aliphatic rings. The summed E-state index contributed by atoms with van der Waals surface area (Å²) in [6.07, 6.45) is 0. The van der Waals surface area contributed by atoms with Gasteiger partial charge in [0.2, 0.25) is 10.0 Å². The average Bonchev–Trinajstić information content (AvgIpc) is 3.12. The number of benzene rings is 2. The molecule has 0 aliphatic carbocycles. The number of nitrogens with zero attached hydrogens (tertiary/aromatic N) is 1. The Bertz CT molecular complexity index is 932. The van der Waals surface area contributed by atoms with Crippen LogP contribution in [-0.4, -0.2) is 38.0 Å². The molecular formula is C17H17BrN2O4S2. The van der Waals surface area contributed by atoms with Gasteiger partial charge in [-0.3, -0.25) is 4.79 Å². The fraction of sp³-hybridized carbons (Fsp3) is 0.235. The first-order chi connectivity index (χ1) is 12.3. The lowest BCUT2D eigenvalue weighted by molar-refractivity contribution is 0.0997. The number of hydrogen-bond donors (Lipinski definition) is 1. The van der Waals surface area contributed by atoms with Gasteiger partial charge in [0.05, 0.1) is 22.9 Å². The highest BCUT2D eigenvalue weighted by Crippen LogP contribution is 2.42. The molecule has 2 aromatic carbocycles. The van der Waals surface area contributed by atoms with Crippen LogP contribution in [0.2, 0.25) is 0 Å². The second-order valence-electron chi connectivity index (χ2n) is 5.62. The Morgan fingerprint density at radius 3 is 2.58 bits per heavy atom. The van der Waals surface area contributed by atoms with Gasteiger partial charge >= 0.3 is 0 Å². The summed E-state index contributed by atoms with van der Waals surface area (Å²) in [5.74, 6) is 0.203. The van der Waals surface area contributed by atoms with E-state index in [0.717, 1.165) is 10.0 Å². The topological polar surface area (TPSA) is 89.7 Å². The summed E-state index contributed by atoms with van der Waals surface area (Å²) < 4.78 is 33.8. The number of primary amides is 1. The van der Waals surface area contributed by atoms with Gasteiger partial charge in [-0.1, -0.05) is 28.1 Å². The van der Waals surface area contributed by atoms with Crippen molar-refractivity contribution in [2.45, 2.75) is 10.3 Å². The molecule has 0 radical (unpaired) electrons. The summed E-state index contributed by atoms with van der Waals surface area (Å²) in [7, 11) is -2.39. The van der Waals surface area contributed by atoms with Crippen molar-refractivity contribution in [2.75, 3.05) is 19.4 Å². The van der Waals surface area contributed by atoms with Gasteiger partial charge in [0.25, 0.3) is 5.91 Å². The second kappa shape index (κ2) is 7.59. The molecule has 1 unspecified atom stereocenters. The summed E-state index contributed by atoms with van der Waals surface area (Å²) >= 11 is 4.95. The van der Waals surface area contributed by atoms with E-state index in [4.69, 9.17) is 10.5 Å². The molecule has 138 valence electrons. The minimum absolute atomic E-state index is 0.0247. The number of thioether (sulfide) groups is 1. The Labute approximate surface area is 164 Å². The van der Waals surface area contributed by atoms with E-state index >= 15 is 0 Å². The van der Waals surface area contributed by atoms with Gasteiger partial charge in [-0.05, 0) is 35.9 Å². The second-order valence-corrected chi connectivity index (χ2v) is 9.61. The van der Waals surface area contributed by atoms with Crippen LogP contribution in [0.15, 0.2) is 51.8 Å². The van der Waals surface area contributed by atoms with Gasteiger partial charge in [-0.15, -0.1) is 11.8 Å². The quantitative estimate of drug-likeness (QED) is 0.746. The molecule has 1 fully saturated rings. The molecule has 0 spiro atoms. The molecule has 1 heterocycles. The van der Waals surface area contributed by atoms with E-state index in [1.807, 2.05) is 24.3 Å². The highest BCUT2D eigenvalue weighted by Gasteiger charge is 2.37. The first kappa shape index (κ1) is 19.2. The lowest BCUT2D eigenvalue weighted by Gasteiger charge is -2.24. The molecule has 9 heteroatoms. The van der Waals surface area contributed by atoms with Gasteiger partial charge in [-0.2, -0.15) is 4.31 Å². The van der Waals surface area contributed by atoms with Crippen molar-refractivity contribution >= 4 is 43.6 Å². The van der Waals surface area contributed by atoms with Crippen LogP contribution in [0.4, 0.5) is 0 Å². The van der Waals surface area contributed by atoms with Gasteiger partial charge in [-0.25, -0.2) is 8.42 Å². The summed E-state index contributed by atoms with van der Waals surface area (Å²) in [5.41, 5.74) is 6.30. The number of halogens is 1. The van der Waals surface area contributed by atoms with Crippen molar-refractivity contribution in [3.63, 3.8) is 0 Å². The number of nitrogens with two attached hydrogens (primary N) is 1. The molecule has 0 aromatic heterocycles. The molecule has 1 atom stereocenters. The Morgan fingerprint density at radius 2 is 1.96 bits per heavy atom. The zero-order chi connectivity index (χ0) is 18.9. The van der Waals surface area contributed by atoms with Crippen LogP contribution < -0.4 is 10.5 Å². The summed E-state index contributed by atoms with van der Waals surface area (Å²) in [4.78, 5) is 11.6. The van der Waals surface area contributed by atoms with Crippen LogP contribution in [0.5, 0.6) is 5.75 Å². The Hall–Kier alpha value is -1.55. The number of carbonyl (C=O) groups excluding carboxylic acids is 1. The zero-order valence-corrected chi connectivity index (χ0v) is 17.1. The average molecular weight is 457 g/mol. The Balaban J connectivity index is 2.00. The third kappa shape index (κ3) is 3.62. The van der Waals surface area contributed by atoms with Crippen LogP contribution in [-0.2, 0) is 10.0 Å². The lowest BCUT2D eigenvalue weighted by Crippen LogP contribution is -2.30. The monoisotopic (exact) mass is 456 g/mol. The van der Waals surface area contributed by atoms with Crippen molar-refractivity contribution in [1.29, 1.82) is 0 Å². The molecule has 0 saturated carbocycles. The largest absolute Gasteiger partial charge is 0.496 e. The lowest BCUT2D eigenvalue weighted by atomic mass is 10.2. The molecule has 1 amide bonds. The van der Waals surface area contributed by atoms with Crippen molar-refractivity contribution in [3.05, 3.63) is 58.1 Å². The van der Waals surface area contributed by atoms with E-state index in [-0.39, 0.29) is 21.6 Å². The predicted molar refractivity (Wildman–Crippen MR) is 105 cm³/mol. The highest BCUT2D eigenvalue weighted by molar-refractivity contribution is 9.10. The van der Waals surface area contributed by atoms with E-state index in [9.17, 15) is 13.2 Å². The molecule has 2 N–H and O–H groups in total. The van der Waals surface area contributed by atoms with E-state index in [0.29, 0.717) is 12.3 Å². The Morgan fingerprint density at radius 1 is 1.27 bits per heavy atom. The number of carbonyl (C=O) groups is 1. The molecule has 3 rings (SSSR count). The van der Waals surface area contributed by atoms with Crippen molar-refractivity contribution in [3.8, 4) is 5.75 Å². The number of ether oxygens (including phenoxy) is 1. The van der Waals surface area contributed by atoms with E-state index in [1.165, 1.54) is 29.6 Å². The van der Waals surface area contributed by atoms with Gasteiger partial charge in [0, 0.05) is 16.8 Å². The molecule has 2 aromatic rings. The van der Waals surface area contributed by atoms with E-state index < -0.39 is 15.9 Å². The van der Waals surface area contributed by atoms with Crippen LogP contribution >= 0.6 is 27.7 Å². The number of rotatable bonds is 5. The third-order valence-electron chi connectivity index (χ3n) is 4.05. The van der Waals surface area contributed by atoms with Crippen LogP contribution in [0.3, 0.4) is 0 Å². The SMILES string of the molecule is COc1ccc(S(=O)(=O)N2CCSC2c2ccc(Br)cc2)cc1C(N)=O. The minimum Gasteiger partial charge on any atom is -0.496 e. The summed E-state index contributed by atoms with van der Waals surface area (Å²) in [6, 6.07) is 11.7. The van der Waals surface area contributed by atoms with E-state index in [1.54, 1.807) is 11.8 Å². The molecular weight excluding hydrogens is 440 g/mol. The molecule has 6 nitrogen and oxygen atoms in total. The number of amides is 1. The van der Waals surface area contributed by atoms with Crippen molar-refractivity contribution < 1.29 is 17.9 Å². The maximum absolute atomic E-state index is 13.2. The molecule has 1 saturated heterocycles. The first-order valence-electron chi connectivity index (χ1n) is 7.71. The van der Waals surface area contributed by atoms with Crippen LogP contribution in [0.1, 0.15) is 21.3 Å². The molecule has 26 heavy (non-hydrogen) atoms. The third-order valence-corrected chi connectivity index (χ3v) is 7.83. The first-order valence-corrected chi connectivity index (χ1v) is 11.0. The highest BCUT2D eigenvalue weighted by atomic mass is 79.9. The smallest absolute Gasteiger partial charge is 0.252 e. The number of sulfonamides is 1. The maximum atomic E-state index is 13.2. The van der Waals surface area contributed by atoms with Gasteiger partial charge in [0.15, 0.2) is 0 Å². The molecule has 1 aliphatic heterocycles. The van der Waals surface area contributed by atoms with Gasteiger partial charge in [0.1, 0.15) is 5.75 Å². The van der Waals surface area contributed by atoms with Crippen LogP contribution in [0.25, 0.3) is 0 Å². The summed E-state index contributed by atoms with van der Waals surface area (Å²) in [5, 5.41) is -0.313. The zero-order valence-electron chi connectivity index (χ0n) is 13.9. The fourth-order valence-electron chi connectivity index (χ4n) is 2.77. The van der Waals surface area contributed by atoms with E-state index in [2.05, 4.69) is 15.9 Å². The number of hydrogen-bond acceptors (Lipinski definition) is 5. The van der Waals surface area contributed by atoms with Crippen LogP contribution in [0, 0.1) is 0 Å². The van der Waals surface area contributed by atoms with Gasteiger partial charge < -0.3 is 10.5 Å². The number of methoxy groups -OCH3 is 1. The van der Waals surface area contributed by atoms with Crippen molar-refractivity contribution in [2.24, 2.45) is 5.73 Å². The normalized spacial score (nSPS) is 18.0. The standard InChI is InChI=1S/C17H17BrN2O4S2/c1-24-15-7-6-13(10-14(15)16(19)21)26(22,23)20-8-9-25-17(20)11-2-4-12(18)5-3-11/h2-7,10,17H,8-9H2,1H3,(H2,19,21). The molecule has 0 bridgehead atoms. The predicted octanol–water partition coefficient (Wildman–Crippen LogP) is 2.99.